The molecule has 0 spiro atoms. The van der Waals surface area contributed by atoms with Gasteiger partial charge in [-0.1, -0.05) is 79.3 Å². The molecule has 246 valence electrons. The molecule has 2 aliphatic carbocycles. The Kier molecular flexibility index (Phi) is 13.1. The van der Waals surface area contributed by atoms with Crippen LogP contribution in [0.15, 0.2) is 59.7 Å². The highest BCUT2D eigenvalue weighted by atomic mass is 32.2. The third kappa shape index (κ3) is 12.5. The highest BCUT2D eigenvalue weighted by Crippen LogP contribution is 2.29. The second-order valence-corrected chi connectivity index (χ2v) is 16.6. The Bertz CT molecular complexity index is 1810. The van der Waals surface area contributed by atoms with Crippen LogP contribution in [0.2, 0.25) is 0 Å². The fraction of sp³-hybridized carbons (Fsp3) is 0.429. The lowest BCUT2D eigenvalue weighted by Crippen LogP contribution is -2.30. The molecule has 16 heteroatoms. The minimum absolute atomic E-state index is 0. The van der Waals surface area contributed by atoms with Crippen molar-refractivity contribution in [3.8, 4) is 0 Å². The molecule has 0 radical (unpaired) electrons. The second kappa shape index (κ2) is 15.2. The molecule has 0 saturated carbocycles. The molecule has 2 aliphatic rings. The van der Waals surface area contributed by atoms with E-state index in [9.17, 15) is 51.9 Å². The van der Waals surface area contributed by atoms with E-state index < -0.39 is 62.5 Å². The van der Waals surface area contributed by atoms with Crippen molar-refractivity contribution < 1.29 is 51.9 Å². The Morgan fingerprint density at radius 1 is 0.568 bits per heavy atom. The number of benzene rings is 2. The van der Waals surface area contributed by atoms with Crippen molar-refractivity contribution in [3.05, 3.63) is 81.9 Å². The van der Waals surface area contributed by atoms with E-state index in [1.54, 1.807) is 6.08 Å². The summed E-state index contributed by atoms with van der Waals surface area (Å²) in [5, 5.41) is -3.41. The molecule has 0 aliphatic heterocycles. The standard InChI is InChI=1S/C14H18O6S2.C13H16O6S2.CH4/c15-21(16,17)10-14(22(18,19)20)8-6-11-5-7-12-3-1-2-4-13(12)9-11;14-20(15,16)9-13(21(17,18)19)8-10-5-6-11-3-1-2-4-12(11)7-10;/h1-4,9,14H,5-8,10H2,(H,15,16,17)(H,18,19,20);1-4,7,13H,5-6,8-9H2,(H,14,15,16)(H,17,18,19);1H4/p-4. The Hall–Kier alpha value is -2.44. The van der Waals surface area contributed by atoms with E-state index in [1.807, 2.05) is 54.6 Å². The van der Waals surface area contributed by atoms with E-state index in [1.165, 1.54) is 5.56 Å². The van der Waals surface area contributed by atoms with Crippen molar-refractivity contribution in [2.75, 3.05) is 11.5 Å². The van der Waals surface area contributed by atoms with Crippen molar-refractivity contribution in [2.45, 2.75) is 62.9 Å². The summed E-state index contributed by atoms with van der Waals surface area (Å²) in [7, 11) is -19.2. The van der Waals surface area contributed by atoms with Crippen LogP contribution in [0.1, 0.15) is 61.8 Å². The average Bonchev–Trinajstić information content (AvgIpc) is 2.88. The first-order chi connectivity index (χ1) is 19.8. The van der Waals surface area contributed by atoms with Gasteiger partial charge < -0.3 is 18.2 Å². The lowest BCUT2D eigenvalue weighted by atomic mass is 9.90. The molecule has 12 nitrogen and oxygen atoms in total. The van der Waals surface area contributed by atoms with Crippen LogP contribution < -0.4 is 0 Å². The molecular weight excluding hydrogens is 657 g/mol. The van der Waals surface area contributed by atoms with Crippen LogP contribution in [0, 0.1) is 0 Å². The number of rotatable bonds is 11. The molecule has 2 atom stereocenters. The number of hydrogen-bond donors (Lipinski definition) is 0. The molecule has 4 rings (SSSR count). The predicted octanol–water partition coefficient (Wildman–Crippen LogP) is 2.76. The van der Waals surface area contributed by atoms with Crippen LogP contribution in [0.4, 0.5) is 0 Å². The highest BCUT2D eigenvalue weighted by Gasteiger charge is 2.23. The van der Waals surface area contributed by atoms with Crippen molar-refractivity contribution >= 4 is 52.6 Å². The number of aryl methyl sites for hydroxylation is 2. The average molecular weight is 691 g/mol. The normalized spacial score (nSPS) is 16.5. The second-order valence-electron chi connectivity index (χ2n) is 10.4. The largest absolute Gasteiger partial charge is 0.748 e. The monoisotopic (exact) mass is 690 g/mol. The molecule has 0 bridgehead atoms. The Morgan fingerprint density at radius 2 is 0.977 bits per heavy atom. The lowest BCUT2D eigenvalue weighted by molar-refractivity contribution is 0.434. The zero-order valence-corrected chi connectivity index (χ0v) is 26.1. The van der Waals surface area contributed by atoms with Gasteiger partial charge in [0.05, 0.1) is 62.5 Å². The summed E-state index contributed by atoms with van der Waals surface area (Å²) in [6.45, 7) is 0. The first-order valence-electron chi connectivity index (χ1n) is 13.1. The van der Waals surface area contributed by atoms with Gasteiger partial charge in [-0.3, -0.25) is 0 Å². The summed E-state index contributed by atoms with van der Waals surface area (Å²) in [5.74, 6) is -2.35. The number of allylic oxidation sites excluding steroid dienone is 2. The predicted molar refractivity (Wildman–Crippen MR) is 162 cm³/mol. The zero-order chi connectivity index (χ0) is 32.1. The lowest BCUT2D eigenvalue weighted by Gasteiger charge is -2.25. The van der Waals surface area contributed by atoms with Crippen molar-refractivity contribution in [1.29, 1.82) is 0 Å². The van der Waals surface area contributed by atoms with Crippen LogP contribution >= 0.6 is 0 Å². The Labute approximate surface area is 259 Å². The smallest absolute Gasteiger partial charge is 0.0988 e. The van der Waals surface area contributed by atoms with Crippen LogP contribution in [0.5, 0.6) is 0 Å². The molecule has 0 fully saturated rings. The summed E-state index contributed by atoms with van der Waals surface area (Å²) < 4.78 is 131. The van der Waals surface area contributed by atoms with Crippen LogP contribution in [-0.2, 0) is 53.3 Å². The van der Waals surface area contributed by atoms with Gasteiger partial charge in [-0.25, -0.2) is 33.7 Å². The molecular formula is C28H34O12S4-4. The van der Waals surface area contributed by atoms with E-state index in [0.717, 1.165) is 35.1 Å². The number of hydrogen-bond acceptors (Lipinski definition) is 12. The van der Waals surface area contributed by atoms with Crippen LogP contribution in [-0.4, -0.2) is 73.9 Å². The molecule has 0 N–H and O–H groups in total. The van der Waals surface area contributed by atoms with Gasteiger partial charge in [0.15, 0.2) is 0 Å². The van der Waals surface area contributed by atoms with Gasteiger partial charge in [-0.05, 0) is 67.2 Å². The molecule has 0 saturated heterocycles. The van der Waals surface area contributed by atoms with E-state index in [-0.39, 0.29) is 26.7 Å². The van der Waals surface area contributed by atoms with E-state index >= 15 is 0 Å². The zero-order valence-electron chi connectivity index (χ0n) is 22.8. The fourth-order valence-corrected chi connectivity index (χ4v) is 9.34. The molecule has 0 amide bonds. The topological polar surface area (TPSA) is 229 Å². The van der Waals surface area contributed by atoms with Gasteiger partial charge in [0.25, 0.3) is 0 Å². The van der Waals surface area contributed by atoms with Crippen molar-refractivity contribution in [2.24, 2.45) is 0 Å². The maximum Gasteiger partial charge on any atom is 0.0988 e. The van der Waals surface area contributed by atoms with Crippen molar-refractivity contribution in [1.82, 2.24) is 0 Å². The molecule has 0 heterocycles. The third-order valence-electron chi connectivity index (χ3n) is 7.13. The Balaban J connectivity index is 0.000000300. The maximum atomic E-state index is 11.1. The summed E-state index contributed by atoms with van der Waals surface area (Å²) >= 11 is 0. The molecule has 2 aromatic carbocycles. The van der Waals surface area contributed by atoms with Gasteiger partial charge in [0, 0.05) is 0 Å². The molecule has 2 aromatic rings. The van der Waals surface area contributed by atoms with E-state index in [2.05, 4.69) is 0 Å². The minimum Gasteiger partial charge on any atom is -0.748 e. The molecule has 44 heavy (non-hydrogen) atoms. The first-order valence-corrected chi connectivity index (χ1v) is 19.2. The summed E-state index contributed by atoms with van der Waals surface area (Å²) in [6.07, 6.45) is 6.38. The molecule has 0 aromatic heterocycles. The quantitative estimate of drug-likeness (QED) is 0.310. The van der Waals surface area contributed by atoms with Gasteiger partial charge in [-0.15, -0.1) is 0 Å². The van der Waals surface area contributed by atoms with Gasteiger partial charge in [0.2, 0.25) is 0 Å². The maximum absolute atomic E-state index is 11.1. The van der Waals surface area contributed by atoms with Gasteiger partial charge >= 0.3 is 0 Å². The SMILES string of the molecule is C.O=S(=O)([O-])CC(CC1=Cc2ccccc2CC1)S(=O)(=O)[O-].O=S(=O)([O-])CC(CCC1=Cc2ccccc2CC1)S(=O)(=O)[O-]. The van der Waals surface area contributed by atoms with E-state index in [0.29, 0.717) is 18.4 Å². The van der Waals surface area contributed by atoms with Crippen molar-refractivity contribution in [3.63, 3.8) is 0 Å². The first kappa shape index (κ1) is 37.7. The van der Waals surface area contributed by atoms with Crippen LogP contribution in [0.3, 0.4) is 0 Å². The summed E-state index contributed by atoms with van der Waals surface area (Å²) in [6, 6.07) is 15.3. The highest BCUT2D eigenvalue weighted by molar-refractivity contribution is 7.90. The Morgan fingerprint density at radius 3 is 1.43 bits per heavy atom. The van der Waals surface area contributed by atoms with Crippen LogP contribution in [0.25, 0.3) is 12.2 Å². The molecule has 2 unspecified atom stereocenters. The van der Waals surface area contributed by atoms with Gasteiger partial charge in [-0.2, -0.15) is 0 Å². The van der Waals surface area contributed by atoms with E-state index in [4.69, 9.17) is 0 Å². The number of fused-ring (bicyclic) bond motifs is 2. The minimum atomic E-state index is -4.84. The summed E-state index contributed by atoms with van der Waals surface area (Å²) in [4.78, 5) is 0. The fourth-order valence-electron chi connectivity index (χ4n) is 4.99. The van der Waals surface area contributed by atoms with Gasteiger partial charge in [0.1, 0.15) is 0 Å². The summed E-state index contributed by atoms with van der Waals surface area (Å²) in [5.41, 5.74) is 5.89. The third-order valence-corrected chi connectivity index (χ3v) is 11.5.